The van der Waals surface area contributed by atoms with Crippen molar-refractivity contribution in [2.24, 2.45) is 0 Å². The van der Waals surface area contributed by atoms with E-state index in [0.29, 0.717) is 0 Å². The van der Waals surface area contributed by atoms with Crippen molar-refractivity contribution < 1.29 is 0 Å². The molecule has 1 nitrogen and oxygen atoms in total. The van der Waals surface area contributed by atoms with Gasteiger partial charge in [0.25, 0.3) is 0 Å². The third-order valence-electron chi connectivity index (χ3n) is 3.94. The molecule has 0 aliphatic rings. The molecular formula is C19H14BrN. The van der Waals surface area contributed by atoms with Crippen molar-refractivity contribution in [2.45, 2.75) is 6.42 Å². The number of rotatable bonds is 2. The van der Waals surface area contributed by atoms with Gasteiger partial charge in [-0.2, -0.15) is 0 Å². The highest BCUT2D eigenvalue weighted by atomic mass is 79.9. The average molecular weight is 336 g/mol. The maximum absolute atomic E-state index is 3.79. The third kappa shape index (κ3) is 2.16. The van der Waals surface area contributed by atoms with Gasteiger partial charge in [-0.1, -0.05) is 60.7 Å². The van der Waals surface area contributed by atoms with Crippen molar-refractivity contribution in [1.82, 2.24) is 4.98 Å². The molecule has 3 aromatic carbocycles. The summed E-state index contributed by atoms with van der Waals surface area (Å²) in [5.74, 6) is 0. The van der Waals surface area contributed by atoms with Crippen molar-refractivity contribution in [1.29, 1.82) is 0 Å². The van der Waals surface area contributed by atoms with Gasteiger partial charge >= 0.3 is 0 Å². The predicted molar refractivity (Wildman–Crippen MR) is 92.8 cm³/mol. The number of para-hydroxylation sites is 1. The van der Waals surface area contributed by atoms with Crippen molar-refractivity contribution in [3.8, 4) is 0 Å². The summed E-state index contributed by atoms with van der Waals surface area (Å²) in [6, 6.07) is 23.4. The normalized spacial score (nSPS) is 11.3. The molecule has 0 bridgehead atoms. The summed E-state index contributed by atoms with van der Waals surface area (Å²) in [4.78, 5) is 3.53. The Morgan fingerprint density at radius 2 is 1.52 bits per heavy atom. The molecule has 4 aromatic rings. The highest BCUT2D eigenvalue weighted by Crippen LogP contribution is 2.33. The third-order valence-corrected chi connectivity index (χ3v) is 4.84. The van der Waals surface area contributed by atoms with E-state index in [-0.39, 0.29) is 0 Å². The van der Waals surface area contributed by atoms with E-state index in [2.05, 4.69) is 87.6 Å². The number of aromatic nitrogens is 1. The molecule has 0 aliphatic heterocycles. The molecule has 0 saturated heterocycles. The summed E-state index contributed by atoms with van der Waals surface area (Å²) < 4.78 is 1.17. The minimum atomic E-state index is 0.937. The Morgan fingerprint density at radius 3 is 2.38 bits per heavy atom. The molecule has 0 unspecified atom stereocenters. The Labute approximate surface area is 131 Å². The second-order valence-electron chi connectivity index (χ2n) is 5.29. The van der Waals surface area contributed by atoms with Gasteiger partial charge in [0.15, 0.2) is 0 Å². The minimum absolute atomic E-state index is 0.937. The van der Waals surface area contributed by atoms with E-state index in [1.165, 1.54) is 37.4 Å². The molecule has 0 spiro atoms. The summed E-state index contributed by atoms with van der Waals surface area (Å²) in [6.45, 7) is 0. The Balaban J connectivity index is 1.88. The molecule has 0 amide bonds. The number of aromatic amines is 1. The van der Waals surface area contributed by atoms with E-state index in [0.717, 1.165) is 6.42 Å². The molecule has 1 N–H and O–H groups in total. The second-order valence-corrected chi connectivity index (χ2v) is 6.09. The molecular weight excluding hydrogens is 322 g/mol. The highest BCUT2D eigenvalue weighted by molar-refractivity contribution is 9.10. The van der Waals surface area contributed by atoms with E-state index in [9.17, 15) is 0 Å². The number of halogens is 1. The fraction of sp³-hybridized carbons (Fsp3) is 0.0526. The predicted octanol–water partition coefficient (Wildman–Crippen LogP) is 5.67. The topological polar surface area (TPSA) is 15.8 Å². The first-order valence-corrected chi connectivity index (χ1v) is 7.84. The first-order chi connectivity index (χ1) is 10.3. The number of H-pyrrole nitrogens is 1. The molecule has 21 heavy (non-hydrogen) atoms. The van der Waals surface area contributed by atoms with Gasteiger partial charge in [0, 0.05) is 20.8 Å². The molecule has 1 aromatic heterocycles. The standard InChI is InChI=1S/C19H14BrN/c20-18-14(12-13-6-2-1-3-7-13)10-11-16-15-8-4-5-9-17(15)21-19(16)18/h1-11,21H,12H2. The number of hydrogen-bond donors (Lipinski definition) is 1. The molecule has 0 atom stereocenters. The van der Waals surface area contributed by atoms with Gasteiger partial charge in [0.1, 0.15) is 0 Å². The van der Waals surface area contributed by atoms with Crippen LogP contribution in [-0.4, -0.2) is 4.98 Å². The lowest BCUT2D eigenvalue weighted by molar-refractivity contribution is 1.19. The number of benzene rings is 3. The van der Waals surface area contributed by atoms with Crippen LogP contribution in [-0.2, 0) is 6.42 Å². The van der Waals surface area contributed by atoms with E-state index in [1.54, 1.807) is 0 Å². The Bertz CT molecular complexity index is 922. The molecule has 4 rings (SSSR count). The molecule has 102 valence electrons. The zero-order chi connectivity index (χ0) is 14.2. The van der Waals surface area contributed by atoms with Crippen molar-refractivity contribution in [3.63, 3.8) is 0 Å². The lowest BCUT2D eigenvalue weighted by atomic mass is 10.0. The molecule has 0 saturated carbocycles. The van der Waals surface area contributed by atoms with Gasteiger partial charge in [-0.25, -0.2) is 0 Å². The smallest absolute Gasteiger partial charge is 0.0612 e. The summed E-state index contributed by atoms with van der Waals surface area (Å²) in [5, 5.41) is 2.55. The molecule has 1 heterocycles. The van der Waals surface area contributed by atoms with Crippen LogP contribution >= 0.6 is 15.9 Å². The summed E-state index contributed by atoms with van der Waals surface area (Å²) in [5.41, 5.74) is 5.00. The van der Waals surface area contributed by atoms with Crippen molar-refractivity contribution >= 4 is 37.7 Å². The highest BCUT2D eigenvalue weighted by Gasteiger charge is 2.10. The first-order valence-electron chi connectivity index (χ1n) is 7.04. The van der Waals surface area contributed by atoms with Crippen LogP contribution in [0.15, 0.2) is 71.2 Å². The summed E-state index contributed by atoms with van der Waals surface area (Å²) in [7, 11) is 0. The van der Waals surface area contributed by atoms with Crippen LogP contribution in [0.25, 0.3) is 21.8 Å². The number of hydrogen-bond acceptors (Lipinski definition) is 0. The van der Waals surface area contributed by atoms with Crippen LogP contribution in [0.3, 0.4) is 0 Å². The molecule has 0 fully saturated rings. The van der Waals surface area contributed by atoms with Crippen LogP contribution < -0.4 is 0 Å². The van der Waals surface area contributed by atoms with Gasteiger partial charge in [-0.05, 0) is 39.5 Å². The lowest BCUT2D eigenvalue weighted by Crippen LogP contribution is -1.89. The van der Waals surface area contributed by atoms with Gasteiger partial charge in [-0.3, -0.25) is 0 Å². The first kappa shape index (κ1) is 12.7. The Morgan fingerprint density at radius 1 is 0.762 bits per heavy atom. The molecule has 0 radical (unpaired) electrons. The zero-order valence-electron chi connectivity index (χ0n) is 11.4. The molecule has 2 heteroatoms. The van der Waals surface area contributed by atoms with E-state index in [1.807, 2.05) is 0 Å². The Hall–Kier alpha value is -2.06. The lowest BCUT2D eigenvalue weighted by Gasteiger charge is -2.06. The van der Waals surface area contributed by atoms with Crippen LogP contribution in [0.5, 0.6) is 0 Å². The Kier molecular flexibility index (Phi) is 3.04. The SMILES string of the molecule is Brc1c(Cc2ccccc2)ccc2c1[nH]c1ccccc12. The minimum Gasteiger partial charge on any atom is -0.354 e. The fourth-order valence-corrected chi connectivity index (χ4v) is 3.46. The van der Waals surface area contributed by atoms with E-state index >= 15 is 0 Å². The van der Waals surface area contributed by atoms with Crippen molar-refractivity contribution in [2.75, 3.05) is 0 Å². The summed E-state index contributed by atoms with van der Waals surface area (Å²) >= 11 is 3.79. The van der Waals surface area contributed by atoms with Crippen LogP contribution in [0.2, 0.25) is 0 Å². The van der Waals surface area contributed by atoms with Gasteiger partial charge < -0.3 is 4.98 Å². The van der Waals surface area contributed by atoms with Gasteiger partial charge in [0.05, 0.1) is 5.52 Å². The second kappa shape index (κ2) is 5.05. The van der Waals surface area contributed by atoms with E-state index < -0.39 is 0 Å². The number of fused-ring (bicyclic) bond motifs is 3. The average Bonchev–Trinajstić information content (AvgIpc) is 2.91. The maximum Gasteiger partial charge on any atom is 0.0612 e. The number of nitrogens with one attached hydrogen (secondary N) is 1. The van der Waals surface area contributed by atoms with Gasteiger partial charge in [0.2, 0.25) is 0 Å². The van der Waals surface area contributed by atoms with Crippen LogP contribution in [0, 0.1) is 0 Å². The van der Waals surface area contributed by atoms with Gasteiger partial charge in [-0.15, -0.1) is 0 Å². The van der Waals surface area contributed by atoms with Crippen LogP contribution in [0.1, 0.15) is 11.1 Å². The molecule has 0 aliphatic carbocycles. The van der Waals surface area contributed by atoms with Crippen LogP contribution in [0.4, 0.5) is 0 Å². The summed E-state index contributed by atoms with van der Waals surface area (Å²) in [6.07, 6.45) is 0.937. The fourth-order valence-electron chi connectivity index (χ4n) is 2.88. The van der Waals surface area contributed by atoms with Crippen molar-refractivity contribution in [3.05, 3.63) is 82.3 Å². The monoisotopic (exact) mass is 335 g/mol. The maximum atomic E-state index is 3.79. The van der Waals surface area contributed by atoms with E-state index in [4.69, 9.17) is 0 Å². The largest absolute Gasteiger partial charge is 0.354 e. The zero-order valence-corrected chi connectivity index (χ0v) is 13.0. The quantitative estimate of drug-likeness (QED) is 0.485.